The van der Waals surface area contributed by atoms with Crippen LogP contribution >= 0.6 is 0 Å². The molecule has 0 saturated carbocycles. The van der Waals surface area contributed by atoms with E-state index in [4.69, 9.17) is 0 Å². The zero-order chi connectivity index (χ0) is 13.7. The molecule has 1 aromatic carbocycles. The molecule has 0 aliphatic rings. The van der Waals surface area contributed by atoms with E-state index in [1.807, 2.05) is 6.92 Å². The molecule has 0 saturated heterocycles. The monoisotopic (exact) mass is 250 g/mol. The summed E-state index contributed by atoms with van der Waals surface area (Å²) in [6.07, 6.45) is 0. The molecule has 5 heteroatoms. The molecular weight excluding hydrogens is 232 g/mol. The van der Waals surface area contributed by atoms with Crippen LogP contribution in [0.4, 0.5) is 0 Å². The Bertz CT molecular complexity index is 458. The third-order valence-corrected chi connectivity index (χ3v) is 2.66. The maximum atomic E-state index is 12.2. The lowest BCUT2D eigenvalue weighted by Gasteiger charge is -2.20. The van der Waals surface area contributed by atoms with Crippen molar-refractivity contribution in [1.29, 1.82) is 0 Å². The fourth-order valence-corrected chi connectivity index (χ4v) is 1.57. The Hall–Kier alpha value is -2.04. The highest BCUT2D eigenvalue weighted by Gasteiger charge is 2.19. The molecule has 1 aromatic rings. The molecule has 1 rings (SSSR count). The molecule has 0 radical (unpaired) electrons. The summed E-state index contributed by atoms with van der Waals surface area (Å²) >= 11 is 0. The highest BCUT2D eigenvalue weighted by atomic mass is 16.3. The summed E-state index contributed by atoms with van der Waals surface area (Å²) in [6.45, 7) is 4.01. The lowest BCUT2D eigenvalue weighted by molar-refractivity contribution is -0.121. The van der Waals surface area contributed by atoms with Crippen molar-refractivity contribution in [2.24, 2.45) is 0 Å². The van der Waals surface area contributed by atoms with Gasteiger partial charge in [-0.05, 0) is 26.0 Å². The zero-order valence-corrected chi connectivity index (χ0v) is 10.9. The van der Waals surface area contributed by atoms with Gasteiger partial charge in [-0.3, -0.25) is 9.59 Å². The summed E-state index contributed by atoms with van der Waals surface area (Å²) in [7, 11) is 1.52. The Labute approximate surface area is 106 Å². The van der Waals surface area contributed by atoms with Gasteiger partial charge in [0, 0.05) is 13.6 Å². The lowest BCUT2D eigenvalue weighted by atomic mass is 10.1. The van der Waals surface area contributed by atoms with E-state index in [2.05, 4.69) is 5.32 Å². The number of likely N-dealkylation sites (N-methyl/N-ethyl adjacent to an activating group) is 2. The normalized spacial score (nSPS) is 9.94. The predicted molar refractivity (Wildman–Crippen MR) is 68.5 cm³/mol. The number of phenols is 1. The third-order valence-electron chi connectivity index (χ3n) is 2.66. The molecule has 0 aromatic heterocycles. The first-order valence-electron chi connectivity index (χ1n) is 5.79. The third kappa shape index (κ3) is 3.23. The molecule has 0 atom stereocenters. The number of carbonyl (C=O) groups excluding carboxylic acids is 2. The van der Waals surface area contributed by atoms with Crippen LogP contribution in [0.25, 0.3) is 0 Å². The SMILES string of the molecule is CCN(CC(=O)NC)C(=O)c1cc(C)ccc1O. The molecule has 0 spiro atoms. The molecule has 18 heavy (non-hydrogen) atoms. The first-order valence-corrected chi connectivity index (χ1v) is 5.79. The van der Waals surface area contributed by atoms with Crippen molar-refractivity contribution >= 4 is 11.8 Å². The van der Waals surface area contributed by atoms with E-state index in [0.29, 0.717) is 6.54 Å². The molecule has 0 aliphatic carbocycles. The van der Waals surface area contributed by atoms with Gasteiger partial charge in [-0.2, -0.15) is 0 Å². The standard InChI is InChI=1S/C13H18N2O3/c1-4-15(8-12(17)14-3)13(18)10-7-9(2)5-6-11(10)16/h5-7,16H,4,8H2,1-3H3,(H,14,17). The van der Waals surface area contributed by atoms with Crippen molar-refractivity contribution in [1.82, 2.24) is 10.2 Å². The lowest BCUT2D eigenvalue weighted by Crippen LogP contribution is -2.39. The summed E-state index contributed by atoms with van der Waals surface area (Å²) < 4.78 is 0. The van der Waals surface area contributed by atoms with Crippen molar-refractivity contribution in [2.75, 3.05) is 20.1 Å². The Morgan fingerprint density at radius 1 is 1.39 bits per heavy atom. The van der Waals surface area contributed by atoms with Crippen molar-refractivity contribution in [3.05, 3.63) is 29.3 Å². The van der Waals surface area contributed by atoms with Gasteiger partial charge in [0.25, 0.3) is 5.91 Å². The van der Waals surface area contributed by atoms with Crippen molar-refractivity contribution in [3.63, 3.8) is 0 Å². The van der Waals surface area contributed by atoms with Crippen LogP contribution in [0, 0.1) is 6.92 Å². The minimum atomic E-state index is -0.345. The van der Waals surface area contributed by atoms with Gasteiger partial charge in [0.15, 0.2) is 0 Å². The minimum Gasteiger partial charge on any atom is -0.507 e. The second-order valence-electron chi connectivity index (χ2n) is 4.01. The zero-order valence-electron chi connectivity index (χ0n) is 10.9. The van der Waals surface area contributed by atoms with Crippen LogP contribution in [-0.4, -0.2) is 42.0 Å². The molecule has 0 aliphatic heterocycles. The van der Waals surface area contributed by atoms with E-state index >= 15 is 0 Å². The maximum Gasteiger partial charge on any atom is 0.258 e. The topological polar surface area (TPSA) is 69.6 Å². The number of nitrogens with zero attached hydrogens (tertiary/aromatic N) is 1. The predicted octanol–water partition coefficient (Wildman–Crippen LogP) is 0.909. The highest BCUT2D eigenvalue weighted by Crippen LogP contribution is 2.19. The number of hydrogen-bond acceptors (Lipinski definition) is 3. The van der Waals surface area contributed by atoms with Gasteiger partial charge >= 0.3 is 0 Å². The van der Waals surface area contributed by atoms with Gasteiger partial charge in [0.2, 0.25) is 5.91 Å². The summed E-state index contributed by atoms with van der Waals surface area (Å²) in [4.78, 5) is 24.9. The van der Waals surface area contributed by atoms with E-state index in [-0.39, 0.29) is 29.7 Å². The number of carbonyl (C=O) groups is 2. The highest BCUT2D eigenvalue weighted by molar-refractivity contribution is 5.98. The van der Waals surface area contributed by atoms with E-state index in [9.17, 15) is 14.7 Å². The van der Waals surface area contributed by atoms with Crippen LogP contribution in [0.2, 0.25) is 0 Å². The number of aromatic hydroxyl groups is 1. The second kappa shape index (κ2) is 6.05. The molecular formula is C13H18N2O3. The van der Waals surface area contributed by atoms with Crippen molar-refractivity contribution in [2.45, 2.75) is 13.8 Å². The molecule has 2 N–H and O–H groups in total. The van der Waals surface area contributed by atoms with Gasteiger partial charge in [-0.1, -0.05) is 11.6 Å². The first-order chi connectivity index (χ1) is 8.49. The smallest absolute Gasteiger partial charge is 0.258 e. The molecule has 98 valence electrons. The van der Waals surface area contributed by atoms with Crippen molar-refractivity contribution in [3.8, 4) is 5.75 Å². The van der Waals surface area contributed by atoms with E-state index in [1.54, 1.807) is 19.1 Å². The average molecular weight is 250 g/mol. The number of hydrogen-bond donors (Lipinski definition) is 2. The van der Waals surface area contributed by atoms with Gasteiger partial charge in [-0.25, -0.2) is 0 Å². The molecule has 0 bridgehead atoms. The fraction of sp³-hybridized carbons (Fsp3) is 0.385. The minimum absolute atomic E-state index is 0.0147. The van der Waals surface area contributed by atoms with Gasteiger partial charge in [-0.15, -0.1) is 0 Å². The summed E-state index contributed by atoms with van der Waals surface area (Å²) in [5.74, 6) is -0.652. The molecule has 0 heterocycles. The van der Waals surface area contributed by atoms with Crippen LogP contribution < -0.4 is 5.32 Å². The number of nitrogens with one attached hydrogen (secondary N) is 1. The molecule has 0 fully saturated rings. The number of benzene rings is 1. The molecule has 5 nitrogen and oxygen atoms in total. The molecule has 2 amide bonds. The Morgan fingerprint density at radius 3 is 2.61 bits per heavy atom. The van der Waals surface area contributed by atoms with E-state index < -0.39 is 0 Å². The number of phenolic OH excluding ortho intramolecular Hbond substituents is 1. The Kier molecular flexibility index (Phi) is 4.71. The van der Waals surface area contributed by atoms with Gasteiger partial charge < -0.3 is 15.3 Å². The second-order valence-corrected chi connectivity index (χ2v) is 4.01. The van der Waals surface area contributed by atoms with Crippen LogP contribution in [0.5, 0.6) is 5.75 Å². The van der Waals surface area contributed by atoms with Gasteiger partial charge in [0.05, 0.1) is 12.1 Å². The van der Waals surface area contributed by atoms with Crippen molar-refractivity contribution < 1.29 is 14.7 Å². The Morgan fingerprint density at radius 2 is 2.06 bits per heavy atom. The first kappa shape index (κ1) is 14.0. The number of aryl methyl sites for hydroxylation is 1. The van der Waals surface area contributed by atoms with Gasteiger partial charge in [0.1, 0.15) is 5.75 Å². The fourth-order valence-electron chi connectivity index (χ4n) is 1.57. The Balaban J connectivity index is 2.96. The van der Waals surface area contributed by atoms with Crippen LogP contribution in [0.1, 0.15) is 22.8 Å². The number of rotatable bonds is 4. The van der Waals surface area contributed by atoms with E-state index in [1.165, 1.54) is 18.0 Å². The number of amides is 2. The summed E-state index contributed by atoms with van der Waals surface area (Å²) in [5.41, 5.74) is 1.10. The summed E-state index contributed by atoms with van der Waals surface area (Å²) in [6, 6.07) is 4.82. The summed E-state index contributed by atoms with van der Waals surface area (Å²) in [5, 5.41) is 12.2. The maximum absolute atomic E-state index is 12.2. The van der Waals surface area contributed by atoms with E-state index in [0.717, 1.165) is 5.56 Å². The quantitative estimate of drug-likeness (QED) is 0.834. The van der Waals surface area contributed by atoms with Crippen LogP contribution in [0.15, 0.2) is 18.2 Å². The van der Waals surface area contributed by atoms with Crippen LogP contribution in [-0.2, 0) is 4.79 Å². The largest absolute Gasteiger partial charge is 0.507 e. The average Bonchev–Trinajstić information content (AvgIpc) is 2.37. The van der Waals surface area contributed by atoms with Crippen LogP contribution in [0.3, 0.4) is 0 Å². The molecule has 0 unspecified atom stereocenters.